The molecule has 6 nitrogen and oxygen atoms in total. The second-order valence-electron chi connectivity index (χ2n) is 4.94. The lowest BCUT2D eigenvalue weighted by molar-refractivity contribution is 0.206. The summed E-state index contributed by atoms with van der Waals surface area (Å²) in [5.74, 6) is 0. The van der Waals surface area contributed by atoms with Crippen LogP contribution >= 0.6 is 0 Å². The smallest absolute Gasteiger partial charge is 0.268 e. The molecule has 0 aliphatic carbocycles. The molecule has 1 aliphatic heterocycles. The molecule has 0 amide bonds. The zero-order valence-corrected chi connectivity index (χ0v) is 11.6. The first-order valence-electron chi connectivity index (χ1n) is 6.71. The van der Waals surface area contributed by atoms with Crippen LogP contribution in [0, 0.1) is 0 Å². The van der Waals surface area contributed by atoms with E-state index in [1.165, 1.54) is 11.1 Å². The number of methoxy groups -OCH3 is 1. The highest BCUT2D eigenvalue weighted by Gasteiger charge is 2.15. The van der Waals surface area contributed by atoms with Crippen molar-refractivity contribution in [3.8, 4) is 0 Å². The number of likely N-dealkylation sites (N-methyl/N-ethyl adjacent to an activating group) is 1. The summed E-state index contributed by atoms with van der Waals surface area (Å²) in [6.07, 6.45) is 4.03. The minimum Gasteiger partial charge on any atom is -0.383 e. The van der Waals surface area contributed by atoms with Gasteiger partial charge in [0.1, 0.15) is 0 Å². The van der Waals surface area contributed by atoms with Crippen molar-refractivity contribution in [1.82, 2.24) is 15.1 Å². The second kappa shape index (κ2) is 6.68. The Hall–Kier alpha value is -1.40. The Bertz CT molecular complexity index is 454. The molecule has 0 spiro atoms. The fraction of sp³-hybridized carbons (Fsp3) is 0.692. The third kappa shape index (κ3) is 3.78. The molecule has 2 rings (SSSR count). The van der Waals surface area contributed by atoms with Gasteiger partial charge in [0.15, 0.2) is 0 Å². The molecule has 0 aromatic carbocycles. The molecule has 6 heteroatoms. The second-order valence-corrected chi connectivity index (χ2v) is 4.94. The normalized spacial score (nSPS) is 18.7. The molecule has 19 heavy (non-hydrogen) atoms. The van der Waals surface area contributed by atoms with Gasteiger partial charge in [-0.05, 0) is 19.4 Å². The van der Waals surface area contributed by atoms with Crippen LogP contribution in [-0.2, 0) is 11.3 Å². The predicted molar refractivity (Wildman–Crippen MR) is 74.7 cm³/mol. The Balaban J connectivity index is 2.01. The van der Waals surface area contributed by atoms with Crippen LogP contribution in [0.5, 0.6) is 0 Å². The summed E-state index contributed by atoms with van der Waals surface area (Å²) in [6, 6.07) is 2.01. The van der Waals surface area contributed by atoms with Crippen molar-refractivity contribution in [2.45, 2.75) is 25.4 Å². The number of nitrogens with one attached hydrogen (secondary N) is 1. The third-order valence-electron chi connectivity index (χ3n) is 3.48. The fourth-order valence-electron chi connectivity index (χ4n) is 2.25. The highest BCUT2D eigenvalue weighted by molar-refractivity contribution is 5.41. The lowest BCUT2D eigenvalue weighted by atomic mass is 10.2. The van der Waals surface area contributed by atoms with Gasteiger partial charge in [-0.3, -0.25) is 4.79 Å². The summed E-state index contributed by atoms with van der Waals surface area (Å²) < 4.78 is 6.56. The number of ether oxygens (including phenoxy) is 1. The van der Waals surface area contributed by atoms with Gasteiger partial charge in [0.2, 0.25) is 0 Å². The minimum atomic E-state index is -0.0459. The van der Waals surface area contributed by atoms with Crippen LogP contribution in [0.1, 0.15) is 12.8 Å². The highest BCUT2D eigenvalue weighted by atomic mass is 16.5. The Kier molecular flexibility index (Phi) is 4.93. The van der Waals surface area contributed by atoms with Crippen molar-refractivity contribution in [2.24, 2.45) is 0 Å². The van der Waals surface area contributed by atoms with Crippen molar-refractivity contribution in [1.29, 1.82) is 0 Å². The monoisotopic (exact) mass is 266 g/mol. The maximum atomic E-state index is 12.0. The van der Waals surface area contributed by atoms with Gasteiger partial charge in [0.05, 0.1) is 25.0 Å². The van der Waals surface area contributed by atoms with Crippen molar-refractivity contribution < 1.29 is 4.74 Å². The largest absolute Gasteiger partial charge is 0.383 e. The molecule has 1 aromatic rings. The minimum absolute atomic E-state index is 0.0459. The number of anilines is 1. The van der Waals surface area contributed by atoms with E-state index in [-0.39, 0.29) is 5.56 Å². The lowest BCUT2D eigenvalue weighted by Crippen LogP contribution is -2.34. The summed E-state index contributed by atoms with van der Waals surface area (Å²) in [7, 11) is 3.59. The van der Waals surface area contributed by atoms with E-state index in [2.05, 4.69) is 10.4 Å². The van der Waals surface area contributed by atoms with E-state index >= 15 is 0 Å². The van der Waals surface area contributed by atoms with Gasteiger partial charge in [-0.15, -0.1) is 0 Å². The SMILES string of the molecule is COCCN(C)c1cnn(C[C@@H]2CCCN2)c(=O)c1. The number of aromatic nitrogens is 2. The molecule has 0 bridgehead atoms. The van der Waals surface area contributed by atoms with Gasteiger partial charge in [0, 0.05) is 32.8 Å². The summed E-state index contributed by atoms with van der Waals surface area (Å²) in [4.78, 5) is 14.0. The molecular formula is C13H22N4O2. The average molecular weight is 266 g/mol. The maximum absolute atomic E-state index is 12.0. The van der Waals surface area contributed by atoms with Crippen molar-refractivity contribution in [3.05, 3.63) is 22.6 Å². The van der Waals surface area contributed by atoms with Crippen molar-refractivity contribution in [2.75, 3.05) is 38.8 Å². The zero-order valence-electron chi connectivity index (χ0n) is 11.6. The van der Waals surface area contributed by atoms with E-state index < -0.39 is 0 Å². The molecule has 0 saturated carbocycles. The number of rotatable bonds is 6. The van der Waals surface area contributed by atoms with Crippen LogP contribution in [-0.4, -0.2) is 49.7 Å². The quantitative estimate of drug-likeness (QED) is 0.790. The van der Waals surface area contributed by atoms with Gasteiger partial charge in [-0.2, -0.15) is 5.10 Å². The molecule has 1 N–H and O–H groups in total. The number of nitrogens with zero attached hydrogens (tertiary/aromatic N) is 3. The van der Waals surface area contributed by atoms with E-state index in [0.717, 1.165) is 25.2 Å². The summed E-state index contributed by atoms with van der Waals surface area (Å²) in [5, 5.41) is 7.62. The average Bonchev–Trinajstić information content (AvgIpc) is 2.91. The molecule has 1 aromatic heterocycles. The lowest BCUT2D eigenvalue weighted by Gasteiger charge is -2.19. The zero-order chi connectivity index (χ0) is 13.7. The van der Waals surface area contributed by atoms with Gasteiger partial charge < -0.3 is 15.0 Å². The van der Waals surface area contributed by atoms with Gasteiger partial charge in [-0.25, -0.2) is 4.68 Å². The molecule has 1 atom stereocenters. The van der Waals surface area contributed by atoms with E-state index in [1.54, 1.807) is 19.4 Å². The first-order valence-corrected chi connectivity index (χ1v) is 6.71. The first kappa shape index (κ1) is 14.0. The molecule has 0 radical (unpaired) electrons. The highest BCUT2D eigenvalue weighted by Crippen LogP contribution is 2.08. The van der Waals surface area contributed by atoms with E-state index in [4.69, 9.17) is 4.74 Å². The Labute approximate surface area is 113 Å². The molecule has 2 heterocycles. The Morgan fingerprint density at radius 3 is 3.11 bits per heavy atom. The van der Waals surface area contributed by atoms with Gasteiger partial charge in [-0.1, -0.05) is 0 Å². The summed E-state index contributed by atoms with van der Waals surface area (Å²) in [6.45, 7) is 3.07. The van der Waals surface area contributed by atoms with Crippen molar-refractivity contribution in [3.63, 3.8) is 0 Å². The number of hydrogen-bond acceptors (Lipinski definition) is 5. The van der Waals surface area contributed by atoms with E-state index in [9.17, 15) is 4.79 Å². The molecule has 106 valence electrons. The van der Waals surface area contributed by atoms with Gasteiger partial charge >= 0.3 is 0 Å². The maximum Gasteiger partial charge on any atom is 0.268 e. The third-order valence-corrected chi connectivity index (χ3v) is 3.48. The van der Waals surface area contributed by atoms with Crippen LogP contribution in [0.3, 0.4) is 0 Å². The van der Waals surface area contributed by atoms with E-state index in [0.29, 0.717) is 19.2 Å². The van der Waals surface area contributed by atoms with Crippen LogP contribution in [0.4, 0.5) is 5.69 Å². The Morgan fingerprint density at radius 1 is 1.63 bits per heavy atom. The molecule has 1 aliphatic rings. The van der Waals surface area contributed by atoms with Crippen molar-refractivity contribution >= 4 is 5.69 Å². The van der Waals surface area contributed by atoms with E-state index in [1.807, 2.05) is 11.9 Å². The van der Waals surface area contributed by atoms with Crippen LogP contribution < -0.4 is 15.8 Å². The molecule has 1 saturated heterocycles. The summed E-state index contributed by atoms with van der Waals surface area (Å²) >= 11 is 0. The standard InChI is InChI=1S/C13H22N4O2/c1-16(6-7-19-2)12-8-13(18)17(15-9-12)10-11-4-3-5-14-11/h8-9,11,14H,3-7,10H2,1-2H3/t11-/m0/s1. The molecule has 1 fully saturated rings. The topological polar surface area (TPSA) is 59.4 Å². The number of hydrogen-bond donors (Lipinski definition) is 1. The molecule has 0 unspecified atom stereocenters. The summed E-state index contributed by atoms with van der Waals surface area (Å²) in [5.41, 5.74) is 0.785. The first-order chi connectivity index (χ1) is 9.20. The predicted octanol–water partition coefficient (Wildman–Crippen LogP) is 0.0779. The van der Waals surface area contributed by atoms with Crippen LogP contribution in [0.15, 0.2) is 17.1 Å². The fourth-order valence-corrected chi connectivity index (χ4v) is 2.25. The molecular weight excluding hydrogens is 244 g/mol. The van der Waals surface area contributed by atoms with Gasteiger partial charge in [0.25, 0.3) is 5.56 Å². The van der Waals surface area contributed by atoms with Crippen LogP contribution in [0.25, 0.3) is 0 Å². The van der Waals surface area contributed by atoms with Crippen LogP contribution in [0.2, 0.25) is 0 Å². The Morgan fingerprint density at radius 2 is 2.47 bits per heavy atom.